The summed E-state index contributed by atoms with van der Waals surface area (Å²) in [5.74, 6) is 1.24. The summed E-state index contributed by atoms with van der Waals surface area (Å²) in [7, 11) is 1.75. The molecule has 6 heteroatoms. The molecule has 0 spiro atoms. The first-order valence-corrected chi connectivity index (χ1v) is 7.69. The number of aromatic nitrogens is 2. The van der Waals surface area contributed by atoms with Gasteiger partial charge >= 0.3 is 0 Å². The molecule has 1 N–H and O–H groups in total. The molecule has 1 aliphatic heterocycles. The molecule has 1 aliphatic rings. The SMILES string of the molecule is CCN1c2ncc(CCO)cc2C(=O)N(C)c2ccc(C)nc21. The number of rotatable bonds is 3. The minimum absolute atomic E-state index is 0.0307. The van der Waals surface area contributed by atoms with Gasteiger partial charge in [0.05, 0.1) is 11.3 Å². The number of aliphatic hydroxyl groups is 1. The number of fused-ring (bicyclic) bond motifs is 2. The van der Waals surface area contributed by atoms with Crippen LogP contribution < -0.4 is 9.80 Å². The second-order valence-electron chi connectivity index (χ2n) is 5.59. The predicted octanol–water partition coefficient (Wildman–Crippen LogP) is 2.07. The van der Waals surface area contributed by atoms with E-state index in [0.29, 0.717) is 24.3 Å². The molecule has 120 valence electrons. The van der Waals surface area contributed by atoms with Gasteiger partial charge in [-0.2, -0.15) is 0 Å². The first-order chi connectivity index (χ1) is 11.1. The van der Waals surface area contributed by atoms with Gasteiger partial charge in [0.2, 0.25) is 0 Å². The molecule has 6 nitrogen and oxygen atoms in total. The normalized spacial score (nSPS) is 13.7. The van der Waals surface area contributed by atoms with Crippen molar-refractivity contribution in [1.29, 1.82) is 0 Å². The maximum atomic E-state index is 12.9. The van der Waals surface area contributed by atoms with E-state index in [1.807, 2.05) is 36.9 Å². The molecule has 0 bridgehead atoms. The van der Waals surface area contributed by atoms with Crippen LogP contribution in [0.4, 0.5) is 17.3 Å². The van der Waals surface area contributed by atoms with Crippen molar-refractivity contribution in [3.05, 3.63) is 41.2 Å². The van der Waals surface area contributed by atoms with E-state index >= 15 is 0 Å². The fourth-order valence-corrected chi connectivity index (χ4v) is 2.83. The van der Waals surface area contributed by atoms with Gasteiger partial charge in [-0.15, -0.1) is 0 Å². The number of nitrogens with zero attached hydrogens (tertiary/aromatic N) is 4. The molecule has 0 atom stereocenters. The van der Waals surface area contributed by atoms with E-state index in [9.17, 15) is 4.79 Å². The topological polar surface area (TPSA) is 69.6 Å². The maximum Gasteiger partial charge on any atom is 0.261 e. The molecular weight excluding hydrogens is 292 g/mol. The number of hydrogen-bond donors (Lipinski definition) is 1. The summed E-state index contributed by atoms with van der Waals surface area (Å²) in [5, 5.41) is 9.12. The molecule has 0 aliphatic carbocycles. The second-order valence-corrected chi connectivity index (χ2v) is 5.59. The van der Waals surface area contributed by atoms with Crippen LogP contribution in [0.2, 0.25) is 0 Å². The maximum absolute atomic E-state index is 12.9. The van der Waals surface area contributed by atoms with Gasteiger partial charge in [-0.1, -0.05) is 0 Å². The van der Waals surface area contributed by atoms with Gasteiger partial charge < -0.3 is 14.9 Å². The Kier molecular flexibility index (Phi) is 4.00. The number of anilines is 3. The summed E-state index contributed by atoms with van der Waals surface area (Å²) in [5.41, 5.74) is 3.04. The quantitative estimate of drug-likeness (QED) is 0.939. The third-order valence-electron chi connectivity index (χ3n) is 4.04. The highest BCUT2D eigenvalue weighted by molar-refractivity contribution is 6.12. The van der Waals surface area contributed by atoms with Crippen LogP contribution in [-0.4, -0.2) is 41.2 Å². The first-order valence-electron chi connectivity index (χ1n) is 7.69. The van der Waals surface area contributed by atoms with E-state index in [4.69, 9.17) is 5.11 Å². The molecule has 1 amide bonds. The number of carbonyl (C=O) groups excluding carboxylic acids is 1. The number of pyridine rings is 2. The number of amides is 1. The Morgan fingerprint density at radius 1 is 1.26 bits per heavy atom. The molecule has 2 aromatic heterocycles. The van der Waals surface area contributed by atoms with Crippen molar-refractivity contribution in [2.75, 3.05) is 30.0 Å². The monoisotopic (exact) mass is 312 g/mol. The van der Waals surface area contributed by atoms with Crippen LogP contribution in [-0.2, 0) is 6.42 Å². The van der Waals surface area contributed by atoms with Crippen LogP contribution >= 0.6 is 0 Å². The van der Waals surface area contributed by atoms with Crippen LogP contribution in [0.1, 0.15) is 28.5 Å². The van der Waals surface area contributed by atoms with E-state index < -0.39 is 0 Å². The van der Waals surface area contributed by atoms with E-state index in [-0.39, 0.29) is 12.5 Å². The van der Waals surface area contributed by atoms with Gasteiger partial charge in [-0.05, 0) is 44.0 Å². The lowest BCUT2D eigenvalue weighted by atomic mass is 10.1. The highest BCUT2D eigenvalue weighted by Gasteiger charge is 2.30. The van der Waals surface area contributed by atoms with Gasteiger partial charge in [0.15, 0.2) is 5.82 Å². The molecule has 0 fully saturated rings. The average molecular weight is 312 g/mol. The second kappa shape index (κ2) is 5.96. The molecule has 0 saturated heterocycles. The van der Waals surface area contributed by atoms with Gasteiger partial charge in [0.25, 0.3) is 5.91 Å². The lowest BCUT2D eigenvalue weighted by Crippen LogP contribution is -2.25. The molecule has 0 unspecified atom stereocenters. The van der Waals surface area contributed by atoms with E-state index in [0.717, 1.165) is 22.8 Å². The molecular formula is C17H20N4O2. The Morgan fingerprint density at radius 3 is 2.74 bits per heavy atom. The third-order valence-corrected chi connectivity index (χ3v) is 4.04. The predicted molar refractivity (Wildman–Crippen MR) is 89.4 cm³/mol. The summed E-state index contributed by atoms with van der Waals surface area (Å²) in [6.07, 6.45) is 2.19. The van der Waals surface area contributed by atoms with E-state index in [1.165, 1.54) is 0 Å². The van der Waals surface area contributed by atoms with Crippen molar-refractivity contribution in [3.8, 4) is 0 Å². The number of aliphatic hydroxyl groups excluding tert-OH is 1. The molecule has 0 radical (unpaired) electrons. The van der Waals surface area contributed by atoms with Crippen molar-refractivity contribution in [2.45, 2.75) is 20.3 Å². The molecule has 0 saturated carbocycles. The van der Waals surface area contributed by atoms with Crippen LogP contribution in [0.15, 0.2) is 24.4 Å². The minimum Gasteiger partial charge on any atom is -0.396 e. The standard InChI is InChI=1S/C17H20N4O2/c1-4-21-15-13(9-12(7-8-22)10-18-15)17(23)20(3)14-6-5-11(2)19-16(14)21/h5-6,9-10,22H,4,7-8H2,1-3H3. The Labute approximate surface area is 135 Å². The fourth-order valence-electron chi connectivity index (χ4n) is 2.83. The molecule has 0 aromatic carbocycles. The highest BCUT2D eigenvalue weighted by atomic mass is 16.3. The smallest absolute Gasteiger partial charge is 0.261 e. The van der Waals surface area contributed by atoms with Crippen molar-refractivity contribution < 1.29 is 9.90 Å². The van der Waals surface area contributed by atoms with Crippen molar-refractivity contribution in [1.82, 2.24) is 9.97 Å². The van der Waals surface area contributed by atoms with Crippen LogP contribution in [0.3, 0.4) is 0 Å². The fraction of sp³-hybridized carbons (Fsp3) is 0.353. The summed E-state index contributed by atoms with van der Waals surface area (Å²) in [4.78, 5) is 25.6. The average Bonchev–Trinajstić information content (AvgIpc) is 2.63. The molecule has 2 aromatic rings. The van der Waals surface area contributed by atoms with Gasteiger partial charge in [-0.25, -0.2) is 9.97 Å². The summed E-state index contributed by atoms with van der Waals surface area (Å²) in [6.45, 7) is 4.63. The van der Waals surface area contributed by atoms with Crippen molar-refractivity contribution in [3.63, 3.8) is 0 Å². The van der Waals surface area contributed by atoms with Gasteiger partial charge in [0, 0.05) is 32.1 Å². The Morgan fingerprint density at radius 2 is 2.04 bits per heavy atom. The van der Waals surface area contributed by atoms with E-state index in [1.54, 1.807) is 18.1 Å². The molecule has 3 rings (SSSR count). The van der Waals surface area contributed by atoms with Crippen LogP contribution in [0.5, 0.6) is 0 Å². The van der Waals surface area contributed by atoms with Crippen LogP contribution in [0.25, 0.3) is 0 Å². The number of hydrogen-bond acceptors (Lipinski definition) is 5. The third kappa shape index (κ3) is 2.55. The zero-order valence-corrected chi connectivity index (χ0v) is 13.6. The lowest BCUT2D eigenvalue weighted by molar-refractivity contribution is 0.0994. The zero-order valence-electron chi connectivity index (χ0n) is 13.6. The highest BCUT2D eigenvalue weighted by Crippen LogP contribution is 2.37. The summed E-state index contributed by atoms with van der Waals surface area (Å²) in [6, 6.07) is 5.63. The molecule has 3 heterocycles. The molecule has 23 heavy (non-hydrogen) atoms. The zero-order chi connectivity index (χ0) is 16.6. The van der Waals surface area contributed by atoms with Crippen molar-refractivity contribution >= 4 is 23.2 Å². The Bertz CT molecular complexity index is 760. The number of carbonyl (C=O) groups is 1. The first kappa shape index (κ1) is 15.4. The minimum atomic E-state index is -0.116. The van der Waals surface area contributed by atoms with Gasteiger partial charge in [-0.3, -0.25) is 4.79 Å². The van der Waals surface area contributed by atoms with E-state index in [2.05, 4.69) is 9.97 Å². The van der Waals surface area contributed by atoms with Crippen molar-refractivity contribution in [2.24, 2.45) is 0 Å². The Balaban J connectivity index is 2.23. The van der Waals surface area contributed by atoms with Crippen LogP contribution in [0, 0.1) is 6.92 Å². The summed E-state index contributed by atoms with van der Waals surface area (Å²) < 4.78 is 0. The number of aryl methyl sites for hydroxylation is 1. The van der Waals surface area contributed by atoms with Gasteiger partial charge in [0.1, 0.15) is 5.82 Å². The summed E-state index contributed by atoms with van der Waals surface area (Å²) >= 11 is 0. The Hall–Kier alpha value is -2.47. The largest absolute Gasteiger partial charge is 0.396 e. The lowest BCUT2D eigenvalue weighted by Gasteiger charge is -2.23.